The summed E-state index contributed by atoms with van der Waals surface area (Å²) >= 11 is 1.87. The van der Waals surface area contributed by atoms with Crippen molar-refractivity contribution in [3.05, 3.63) is 77.6 Å². The highest BCUT2D eigenvalue weighted by Crippen LogP contribution is 2.35. The van der Waals surface area contributed by atoms with E-state index in [1.165, 1.54) is 6.08 Å². The maximum Gasteiger partial charge on any atom is 0.315 e. The predicted molar refractivity (Wildman–Crippen MR) is 259 cm³/mol. The number of ether oxygens (including phenoxy) is 3. The number of thioether (sulfide) groups is 1. The van der Waals surface area contributed by atoms with E-state index in [0.29, 0.717) is 67.3 Å². The largest absolute Gasteiger partial charge is 0.492 e. The van der Waals surface area contributed by atoms with E-state index in [1.807, 2.05) is 42.2 Å². The molecule has 368 valence electrons. The monoisotopic (exact) mass is 967 g/mol. The molecule has 0 aliphatic carbocycles. The van der Waals surface area contributed by atoms with Crippen molar-refractivity contribution < 1.29 is 47.8 Å². The van der Waals surface area contributed by atoms with E-state index >= 15 is 0 Å². The second kappa shape index (κ2) is 23.9. The molecule has 7 N–H and O–H groups in total. The van der Waals surface area contributed by atoms with Crippen LogP contribution in [0.5, 0.6) is 5.75 Å². The first-order valence-electron chi connectivity index (χ1n) is 23.9. The minimum Gasteiger partial charge on any atom is -0.492 e. The number of imide groups is 1. The van der Waals surface area contributed by atoms with E-state index in [9.17, 15) is 33.6 Å². The Balaban J connectivity index is 0.664. The summed E-state index contributed by atoms with van der Waals surface area (Å²) in [6.45, 7) is 2.86. The highest BCUT2D eigenvalue weighted by molar-refractivity contribution is 8.00. The normalized spacial score (nSPS) is 22.4. The number of carbonyl (C=O) groups is 7. The van der Waals surface area contributed by atoms with Crippen molar-refractivity contribution in [1.29, 1.82) is 0 Å². The predicted octanol–water partition coefficient (Wildman–Crippen LogP) is 2.84. The number of unbranched alkanes of at least 4 members (excludes halogenated alkanes) is 1. The Hall–Kier alpha value is -6.22. The molecule has 6 heterocycles. The van der Waals surface area contributed by atoms with Gasteiger partial charge in [-0.25, -0.2) is 4.79 Å². The molecule has 5 atom stereocenters. The summed E-state index contributed by atoms with van der Waals surface area (Å²) in [5.41, 5.74) is 3.56. The molecule has 0 radical (unpaired) electrons. The number of amides is 7. The average Bonchev–Trinajstić information content (AvgIpc) is 4.18. The minimum absolute atomic E-state index is 0.0138. The minimum atomic E-state index is -0.742. The first-order chi connectivity index (χ1) is 33.6. The van der Waals surface area contributed by atoms with Crippen molar-refractivity contribution in [2.24, 2.45) is 0 Å². The number of nitrogens with zero attached hydrogens (tertiary/aromatic N) is 2. The van der Waals surface area contributed by atoms with Gasteiger partial charge in [-0.15, -0.1) is 0 Å². The van der Waals surface area contributed by atoms with Gasteiger partial charge in [-0.2, -0.15) is 11.8 Å². The van der Waals surface area contributed by atoms with Gasteiger partial charge in [-0.3, -0.25) is 33.7 Å². The Bertz CT molecular complexity index is 2440. The van der Waals surface area contributed by atoms with Crippen LogP contribution in [0.3, 0.4) is 0 Å². The third-order valence-electron chi connectivity index (χ3n) is 12.9. The van der Waals surface area contributed by atoms with Gasteiger partial charge in [0.05, 0.1) is 68.3 Å². The molecule has 1 unspecified atom stereocenters. The fourth-order valence-corrected chi connectivity index (χ4v) is 10.9. The number of anilines is 1. The van der Waals surface area contributed by atoms with Gasteiger partial charge >= 0.3 is 6.03 Å². The average molecular weight is 968 g/mol. The number of carbonyl (C=O) groups excluding carboxylic acids is 7. The fourth-order valence-electron chi connectivity index (χ4n) is 9.35. The van der Waals surface area contributed by atoms with Crippen molar-refractivity contribution in [2.45, 2.75) is 80.8 Å². The number of para-hydroxylation sites is 1. The van der Waals surface area contributed by atoms with E-state index in [0.717, 1.165) is 59.2 Å². The molecule has 5 aliphatic heterocycles. The summed E-state index contributed by atoms with van der Waals surface area (Å²) in [6.07, 6.45) is 11.4. The first kappa shape index (κ1) is 49.2. The lowest BCUT2D eigenvalue weighted by atomic mass is 10.0. The van der Waals surface area contributed by atoms with Crippen LogP contribution in [0.1, 0.15) is 67.3 Å². The molecule has 20 heteroatoms. The topological polar surface area (TPSA) is 242 Å². The number of likely N-dealkylation sites (tertiary alicyclic amines) is 1. The zero-order chi connectivity index (χ0) is 48.1. The quantitative estimate of drug-likeness (QED) is 0.0280. The van der Waals surface area contributed by atoms with Gasteiger partial charge in [0.25, 0.3) is 5.91 Å². The number of fused-ring (bicyclic) bond motifs is 4. The number of hydrogen-bond acceptors (Lipinski definition) is 13. The van der Waals surface area contributed by atoms with Crippen LogP contribution in [0.4, 0.5) is 10.5 Å². The zero-order valence-electron chi connectivity index (χ0n) is 38.6. The van der Waals surface area contributed by atoms with Crippen LogP contribution < -0.4 is 36.6 Å². The molecule has 8 rings (SSSR count). The number of ketones is 1. The number of allylic oxidation sites excluding steroid dienone is 2. The molecule has 5 aliphatic rings. The number of aromatic amines is 1. The molecule has 4 fully saturated rings. The summed E-state index contributed by atoms with van der Waals surface area (Å²) in [6, 6.07) is 12.4. The van der Waals surface area contributed by atoms with Crippen LogP contribution in [0.15, 0.2) is 66.5 Å². The number of H-pyrrole nitrogens is 1. The molecule has 3 aromatic rings. The Morgan fingerprint density at radius 1 is 0.884 bits per heavy atom. The van der Waals surface area contributed by atoms with E-state index in [4.69, 9.17) is 14.2 Å². The second-order valence-corrected chi connectivity index (χ2v) is 18.9. The van der Waals surface area contributed by atoms with Crippen LogP contribution in [0.25, 0.3) is 17.0 Å². The van der Waals surface area contributed by atoms with Gasteiger partial charge in [-0.1, -0.05) is 24.6 Å². The number of benzene rings is 2. The van der Waals surface area contributed by atoms with Gasteiger partial charge in [-0.05, 0) is 67.7 Å². The molecule has 69 heavy (non-hydrogen) atoms. The van der Waals surface area contributed by atoms with Gasteiger partial charge in [0.15, 0.2) is 5.78 Å². The number of hydrogen-bond donors (Lipinski definition) is 7. The summed E-state index contributed by atoms with van der Waals surface area (Å²) in [5.74, 6) is -0.0536. The zero-order valence-corrected chi connectivity index (χ0v) is 39.4. The van der Waals surface area contributed by atoms with Crippen molar-refractivity contribution >= 4 is 75.8 Å². The van der Waals surface area contributed by atoms with Crippen molar-refractivity contribution in [2.75, 3.05) is 76.8 Å². The highest BCUT2D eigenvalue weighted by atomic mass is 32.2. The molecule has 19 nitrogen and oxygen atoms in total. The Labute approximate surface area is 404 Å². The molecule has 0 saturated carbocycles. The van der Waals surface area contributed by atoms with E-state index < -0.39 is 11.9 Å². The maximum atomic E-state index is 13.8. The van der Waals surface area contributed by atoms with E-state index in [1.54, 1.807) is 35.3 Å². The second-order valence-electron chi connectivity index (χ2n) is 17.6. The molecule has 4 saturated heterocycles. The van der Waals surface area contributed by atoms with Crippen LogP contribution in [-0.2, 0) is 33.4 Å². The number of rotatable bonds is 25. The SMILES string of the molecule is O=C(/C=C1\Nc2ccc(OCCNC3CC(=O)N(CCC(=O)NCCOCCOCCNC(=O)CCCC[C@@H]4SC[C@@H]5NC(=O)N[C@@H]54)C3=O)cc2C(=O)N2CCC[C@@H]12)/C=C/c1c[nH]c2ccccc12. The summed E-state index contributed by atoms with van der Waals surface area (Å²) in [7, 11) is 0. The highest BCUT2D eigenvalue weighted by Gasteiger charge is 2.43. The third-order valence-corrected chi connectivity index (χ3v) is 14.4. The molecule has 7 amide bonds. The fraction of sp³-hybridized carbons (Fsp3) is 0.490. The Kier molecular flexibility index (Phi) is 17.0. The molecule has 0 bridgehead atoms. The smallest absolute Gasteiger partial charge is 0.315 e. The summed E-state index contributed by atoms with van der Waals surface area (Å²) in [5, 5.41) is 19.4. The maximum absolute atomic E-state index is 13.8. The summed E-state index contributed by atoms with van der Waals surface area (Å²) < 4.78 is 17.0. The van der Waals surface area contributed by atoms with Crippen molar-refractivity contribution in [1.82, 2.24) is 41.4 Å². The standard InChI is InChI=1S/C49H61N9O10S/c59-32(12-11-31-29-53-36-7-2-1-6-34(31)36)26-38-41-8-5-19-57(41)47(63)35-27-33(13-14-37(35)54-38)68-23-18-50-39-28-45(62)58(48(39)64)20-15-44(61)52-17-22-67-25-24-66-21-16-51-43(60)10-4-3-9-42-46-40(30-69-42)55-49(65)56-46/h1-2,6-7,11-14,26-27,29,39-42,46,50,53-54H,3-5,8-10,15-25,28,30H2,(H,51,60)(H,52,61)(H2,55,56,65)/b12-11+,38-26-/t39?,40-,41-,42-,46-/m0/s1. The van der Waals surface area contributed by atoms with E-state index in [-0.39, 0.29) is 99.3 Å². The van der Waals surface area contributed by atoms with Gasteiger partial charge in [0, 0.05) is 85.4 Å². The molecule has 1 aromatic heterocycles. The van der Waals surface area contributed by atoms with E-state index in [2.05, 4.69) is 36.9 Å². The van der Waals surface area contributed by atoms with Gasteiger partial charge in [0.2, 0.25) is 23.6 Å². The molecule has 2 aromatic carbocycles. The first-order valence-corrected chi connectivity index (χ1v) is 25.0. The lowest BCUT2D eigenvalue weighted by Crippen LogP contribution is -2.41. The molecular weight excluding hydrogens is 907 g/mol. The number of aromatic nitrogens is 1. The number of urea groups is 1. The van der Waals surface area contributed by atoms with Crippen LogP contribution in [-0.4, -0.2) is 157 Å². The Morgan fingerprint density at radius 3 is 2.51 bits per heavy atom. The van der Waals surface area contributed by atoms with Crippen LogP contribution in [0.2, 0.25) is 0 Å². The van der Waals surface area contributed by atoms with Gasteiger partial charge < -0.3 is 56.0 Å². The number of nitrogens with one attached hydrogen (secondary N) is 7. The van der Waals surface area contributed by atoms with Crippen LogP contribution >= 0.6 is 11.8 Å². The van der Waals surface area contributed by atoms with Crippen LogP contribution in [0, 0.1) is 0 Å². The lowest BCUT2D eigenvalue weighted by Gasteiger charge is -2.23. The molecular formula is C49H61N9O10S. The van der Waals surface area contributed by atoms with Crippen molar-refractivity contribution in [3.63, 3.8) is 0 Å². The summed E-state index contributed by atoms with van der Waals surface area (Å²) in [4.78, 5) is 95.0. The van der Waals surface area contributed by atoms with Crippen molar-refractivity contribution in [3.8, 4) is 5.75 Å². The lowest BCUT2D eigenvalue weighted by molar-refractivity contribution is -0.139. The Morgan fingerprint density at radius 2 is 1.68 bits per heavy atom. The van der Waals surface area contributed by atoms with Gasteiger partial charge in [0.1, 0.15) is 12.4 Å². The third kappa shape index (κ3) is 12.9. The molecule has 0 spiro atoms.